The summed E-state index contributed by atoms with van der Waals surface area (Å²) in [5.74, 6) is 0. The molecule has 0 aromatic carbocycles. The molecular weight excluding hydrogens is 587 g/mol. The van der Waals surface area contributed by atoms with Crippen molar-refractivity contribution < 1.29 is 120 Å². The van der Waals surface area contributed by atoms with Crippen LogP contribution in [-0.2, 0) is 0 Å². The van der Waals surface area contributed by atoms with Crippen molar-refractivity contribution in [3.63, 3.8) is 0 Å². The Bertz CT molecular complexity index is 3.25. The van der Waals surface area contributed by atoms with Crippen LogP contribution < -0.4 is 0 Å². The Labute approximate surface area is 141 Å². The molecule has 0 nitrogen and oxygen atoms in total. The molecule has 0 fully saturated rings. The first-order chi connectivity index (χ1) is 0. The van der Waals surface area contributed by atoms with Crippen LogP contribution in [0.1, 0.15) is 0 Å². The van der Waals surface area contributed by atoms with Gasteiger partial charge in [-0.3, -0.25) is 0 Å². The fourth-order valence-electron chi connectivity index (χ4n) is 0. The van der Waals surface area contributed by atoms with Crippen molar-refractivity contribution in [2.75, 3.05) is 0 Å². The smallest absolute Gasteiger partial charge is 0 e. The minimum Gasteiger partial charge on any atom is 0 e. The van der Waals surface area contributed by atoms with Gasteiger partial charge in [0.15, 0.2) is 0 Å². The van der Waals surface area contributed by atoms with E-state index in [4.69, 9.17) is 0 Å². The van der Waals surface area contributed by atoms with E-state index in [2.05, 4.69) is 0 Å². The molecule has 0 saturated carbocycles. The fraction of sp³-hybridized carbons (Fsp3) is 0. The Balaban J connectivity index is 0. The van der Waals surface area contributed by atoms with Crippen LogP contribution in [0.15, 0.2) is 0 Å². The second kappa shape index (κ2) is 15.7. The number of hydrogen-bond acceptors (Lipinski definition) is 0. The van der Waals surface area contributed by atoms with Gasteiger partial charge in [0.2, 0.25) is 0 Å². The van der Waals surface area contributed by atoms with Crippen LogP contribution in [0.3, 0.4) is 0 Å². The Morgan fingerprint density at radius 2 is 0.500 bits per heavy atom. The van der Waals surface area contributed by atoms with Crippen LogP contribution in [-0.4, -0.2) is 25.8 Å². The Morgan fingerprint density at radius 3 is 0.500 bits per heavy atom. The average molecular weight is 587 g/mol. The molecule has 0 unspecified atom stereocenters. The van der Waals surface area contributed by atoms with Gasteiger partial charge in [0.25, 0.3) is 0 Å². The predicted octanol–water partition coefficient (Wildman–Crippen LogP) is -0.381. The summed E-state index contributed by atoms with van der Waals surface area (Å²) in [7, 11) is 0. The average Bonchev–Trinajstić information content (AvgIpc) is 0. The van der Waals surface area contributed by atoms with Gasteiger partial charge in [-0.25, -0.2) is 0 Å². The SMILES string of the molecule is [Gd].[Gd].[Gd].[In]. The molecule has 0 atom stereocenters. The summed E-state index contributed by atoms with van der Waals surface area (Å²) >= 11 is 0. The molecule has 0 rings (SSSR count). The van der Waals surface area contributed by atoms with Crippen LogP contribution in [0.25, 0.3) is 0 Å². The van der Waals surface area contributed by atoms with Gasteiger partial charge < -0.3 is 0 Å². The summed E-state index contributed by atoms with van der Waals surface area (Å²) in [5.41, 5.74) is 0. The minimum absolute atomic E-state index is 0. The number of hydrogen-bond donors (Lipinski definition) is 0. The molecule has 0 saturated heterocycles. The van der Waals surface area contributed by atoms with Gasteiger partial charge in [0, 0.05) is 146 Å². The maximum Gasteiger partial charge on any atom is 0 e. The molecule has 4 heteroatoms. The molecule has 0 aromatic heterocycles. The van der Waals surface area contributed by atoms with Gasteiger partial charge in [-0.1, -0.05) is 0 Å². The van der Waals surface area contributed by atoms with Crippen molar-refractivity contribution >= 4 is 25.8 Å². The molecular formula is Gd3In. The van der Waals surface area contributed by atoms with Crippen molar-refractivity contribution in [1.82, 2.24) is 0 Å². The molecule has 0 aliphatic carbocycles. The molecule has 0 aliphatic heterocycles. The van der Waals surface area contributed by atoms with E-state index in [1.165, 1.54) is 0 Å². The molecule has 3 radical (unpaired) electrons. The topological polar surface area (TPSA) is 0 Å². The quantitative estimate of drug-likeness (QED) is 0.364. The summed E-state index contributed by atoms with van der Waals surface area (Å²) in [6.45, 7) is 0. The zero-order valence-electron chi connectivity index (χ0n) is 1.64. The van der Waals surface area contributed by atoms with Crippen LogP contribution in [0, 0.1) is 120 Å². The van der Waals surface area contributed by atoms with Crippen molar-refractivity contribution in [2.24, 2.45) is 0 Å². The first-order valence-corrected chi connectivity index (χ1v) is 0. The summed E-state index contributed by atoms with van der Waals surface area (Å²) in [6.07, 6.45) is 0. The van der Waals surface area contributed by atoms with E-state index < -0.39 is 0 Å². The fourth-order valence-corrected chi connectivity index (χ4v) is 0. The molecule has 0 amide bonds. The summed E-state index contributed by atoms with van der Waals surface area (Å²) in [6, 6.07) is 0. The molecule has 4 heavy (non-hydrogen) atoms. The molecule has 0 heterocycles. The molecule has 27 valence electrons. The van der Waals surface area contributed by atoms with Crippen LogP contribution in [0.5, 0.6) is 0 Å². The molecule has 0 spiro atoms. The van der Waals surface area contributed by atoms with E-state index in [1.807, 2.05) is 0 Å². The maximum atomic E-state index is 0. The predicted molar refractivity (Wildman–Crippen MR) is 5.75 cm³/mol. The maximum absolute atomic E-state index is 0. The third-order valence-electron chi connectivity index (χ3n) is 0. The van der Waals surface area contributed by atoms with Gasteiger partial charge in [0.1, 0.15) is 0 Å². The minimum atomic E-state index is 0. The zero-order valence-corrected chi connectivity index (χ0v) is 11.7. The third-order valence-corrected chi connectivity index (χ3v) is 0. The van der Waals surface area contributed by atoms with Crippen LogP contribution in [0.2, 0.25) is 0 Å². The number of rotatable bonds is 0. The van der Waals surface area contributed by atoms with E-state index in [1.54, 1.807) is 0 Å². The van der Waals surface area contributed by atoms with Crippen LogP contribution >= 0.6 is 0 Å². The zero-order chi connectivity index (χ0) is 0. The molecule has 0 N–H and O–H groups in total. The Morgan fingerprint density at radius 1 is 0.500 bits per heavy atom. The first-order valence-electron chi connectivity index (χ1n) is 0. The van der Waals surface area contributed by atoms with E-state index in [0.717, 1.165) is 0 Å². The van der Waals surface area contributed by atoms with Crippen molar-refractivity contribution in [3.8, 4) is 0 Å². The second-order valence-electron chi connectivity index (χ2n) is 0. The van der Waals surface area contributed by atoms with Gasteiger partial charge in [-0.2, -0.15) is 0 Å². The van der Waals surface area contributed by atoms with E-state index in [0.29, 0.717) is 0 Å². The van der Waals surface area contributed by atoms with Crippen molar-refractivity contribution in [3.05, 3.63) is 0 Å². The summed E-state index contributed by atoms with van der Waals surface area (Å²) in [4.78, 5) is 0. The van der Waals surface area contributed by atoms with E-state index in [9.17, 15) is 0 Å². The normalized spacial score (nSPS) is 0. The molecule has 0 aromatic rings. The largest absolute Gasteiger partial charge is 0 e. The standard InChI is InChI=1S/3Gd.In. The van der Waals surface area contributed by atoms with Crippen LogP contribution in [0.4, 0.5) is 0 Å². The molecule has 0 bridgehead atoms. The van der Waals surface area contributed by atoms with E-state index >= 15 is 0 Å². The Hall–Kier alpha value is 4.84. The van der Waals surface area contributed by atoms with E-state index in [-0.39, 0.29) is 146 Å². The van der Waals surface area contributed by atoms with Crippen molar-refractivity contribution in [1.29, 1.82) is 0 Å². The van der Waals surface area contributed by atoms with Gasteiger partial charge in [-0.05, 0) is 0 Å². The molecule has 0 aliphatic rings. The van der Waals surface area contributed by atoms with Gasteiger partial charge in [0.05, 0.1) is 0 Å². The Kier molecular flexibility index (Phi) is 90.8. The van der Waals surface area contributed by atoms with Gasteiger partial charge >= 0.3 is 0 Å². The third kappa shape index (κ3) is 9.96. The summed E-state index contributed by atoms with van der Waals surface area (Å²) in [5, 5.41) is 0. The van der Waals surface area contributed by atoms with Crippen molar-refractivity contribution in [2.45, 2.75) is 0 Å². The second-order valence-corrected chi connectivity index (χ2v) is 0. The monoisotopic (exact) mass is 589 g/mol. The first kappa shape index (κ1) is 23.2. The van der Waals surface area contributed by atoms with Gasteiger partial charge in [-0.15, -0.1) is 0 Å². The summed E-state index contributed by atoms with van der Waals surface area (Å²) < 4.78 is 0.